The van der Waals surface area contributed by atoms with Crippen LogP contribution in [0.3, 0.4) is 0 Å². The van der Waals surface area contributed by atoms with Gasteiger partial charge in [-0.1, -0.05) is 0 Å². The third-order valence-corrected chi connectivity index (χ3v) is 3.24. The lowest BCUT2D eigenvalue weighted by Gasteiger charge is -2.07. The molecule has 0 bridgehead atoms. The fourth-order valence-corrected chi connectivity index (χ4v) is 2.43. The molecule has 0 unspecified atom stereocenters. The fraction of sp³-hybridized carbons (Fsp3) is 0.455. The fourth-order valence-electron chi connectivity index (χ4n) is 1.45. The van der Waals surface area contributed by atoms with Crippen molar-refractivity contribution in [1.82, 2.24) is 9.97 Å². The van der Waals surface area contributed by atoms with Crippen molar-refractivity contribution in [2.24, 2.45) is 0 Å². The maximum atomic E-state index is 5.86. The van der Waals surface area contributed by atoms with Crippen LogP contribution in [-0.4, -0.2) is 43.4 Å². The Hall–Kier alpha value is -0.950. The maximum Gasteiger partial charge on any atom is 0.225 e. The number of fused-ring (bicyclic) bond motifs is 1. The molecule has 1 N–H and O–H groups in total. The van der Waals surface area contributed by atoms with Crippen molar-refractivity contribution in [3.05, 3.63) is 16.7 Å². The van der Waals surface area contributed by atoms with Gasteiger partial charge in [0.05, 0.1) is 25.2 Å². The molecular weight excluding hydrogens is 274 g/mol. The van der Waals surface area contributed by atoms with Crippen molar-refractivity contribution in [2.45, 2.75) is 0 Å². The highest BCUT2D eigenvalue weighted by atomic mass is 35.5. The van der Waals surface area contributed by atoms with E-state index in [2.05, 4.69) is 15.3 Å². The zero-order chi connectivity index (χ0) is 12.8. The summed E-state index contributed by atoms with van der Waals surface area (Å²) in [5.41, 5.74) is 0. The van der Waals surface area contributed by atoms with Crippen LogP contribution in [0.5, 0.6) is 0 Å². The Morgan fingerprint density at radius 1 is 1.33 bits per heavy atom. The van der Waals surface area contributed by atoms with E-state index in [9.17, 15) is 0 Å². The van der Waals surface area contributed by atoms with Gasteiger partial charge in [0.25, 0.3) is 0 Å². The lowest BCUT2D eigenvalue weighted by Crippen LogP contribution is -2.13. The van der Waals surface area contributed by atoms with Gasteiger partial charge in [0.2, 0.25) is 5.28 Å². The van der Waals surface area contributed by atoms with Gasteiger partial charge in [-0.25, -0.2) is 9.97 Å². The van der Waals surface area contributed by atoms with Crippen LogP contribution in [0.25, 0.3) is 10.2 Å². The van der Waals surface area contributed by atoms with Crippen LogP contribution in [0, 0.1) is 0 Å². The second-order valence-corrected chi connectivity index (χ2v) is 4.75. The Morgan fingerprint density at radius 2 is 2.22 bits per heavy atom. The molecule has 0 saturated carbocycles. The summed E-state index contributed by atoms with van der Waals surface area (Å²) in [6, 6.07) is 1.98. The molecule has 0 aromatic carbocycles. The van der Waals surface area contributed by atoms with Crippen LogP contribution >= 0.6 is 22.9 Å². The van der Waals surface area contributed by atoms with Crippen molar-refractivity contribution < 1.29 is 9.47 Å². The van der Waals surface area contributed by atoms with E-state index >= 15 is 0 Å². The molecule has 0 aliphatic carbocycles. The number of anilines is 1. The van der Waals surface area contributed by atoms with E-state index in [1.807, 2.05) is 11.4 Å². The molecule has 0 spiro atoms. The lowest BCUT2D eigenvalue weighted by molar-refractivity contribution is 0.0759. The van der Waals surface area contributed by atoms with Gasteiger partial charge in [0.1, 0.15) is 10.6 Å². The number of aromatic nitrogens is 2. The number of hydrogen-bond donors (Lipinski definition) is 1. The molecule has 5 nitrogen and oxygen atoms in total. The van der Waals surface area contributed by atoms with Crippen molar-refractivity contribution >= 4 is 39.0 Å². The van der Waals surface area contributed by atoms with Crippen LogP contribution in [0.4, 0.5) is 5.82 Å². The highest BCUT2D eigenvalue weighted by Gasteiger charge is 2.06. The van der Waals surface area contributed by atoms with Crippen LogP contribution in [0.15, 0.2) is 11.4 Å². The van der Waals surface area contributed by atoms with Crippen LogP contribution in [-0.2, 0) is 9.47 Å². The predicted octanol–water partition coefficient (Wildman–Crippen LogP) is 2.42. The molecule has 98 valence electrons. The van der Waals surface area contributed by atoms with Gasteiger partial charge < -0.3 is 14.8 Å². The number of thiophene rings is 1. The molecule has 0 radical (unpaired) electrons. The number of methoxy groups -OCH3 is 1. The molecule has 2 heterocycles. The number of hydrogen-bond acceptors (Lipinski definition) is 6. The molecule has 18 heavy (non-hydrogen) atoms. The molecule has 0 amide bonds. The Balaban J connectivity index is 1.89. The summed E-state index contributed by atoms with van der Waals surface area (Å²) in [6.07, 6.45) is 0. The average Bonchev–Trinajstić information content (AvgIpc) is 2.81. The van der Waals surface area contributed by atoms with Crippen molar-refractivity contribution in [3.8, 4) is 0 Å². The summed E-state index contributed by atoms with van der Waals surface area (Å²) < 4.78 is 10.2. The summed E-state index contributed by atoms with van der Waals surface area (Å²) in [4.78, 5) is 9.21. The predicted molar refractivity (Wildman–Crippen MR) is 73.6 cm³/mol. The van der Waals surface area contributed by atoms with Gasteiger partial charge in [-0.3, -0.25) is 0 Å². The Kier molecular flexibility index (Phi) is 5.12. The minimum atomic E-state index is 0.257. The molecule has 0 atom stereocenters. The van der Waals surface area contributed by atoms with Gasteiger partial charge in [-0.05, 0) is 23.0 Å². The second-order valence-electron chi connectivity index (χ2n) is 3.51. The van der Waals surface area contributed by atoms with Gasteiger partial charge in [0, 0.05) is 13.7 Å². The summed E-state index contributed by atoms with van der Waals surface area (Å²) >= 11 is 7.40. The molecule has 0 aliphatic heterocycles. The smallest absolute Gasteiger partial charge is 0.225 e. The van der Waals surface area contributed by atoms with Crippen molar-refractivity contribution in [3.63, 3.8) is 0 Å². The number of nitrogens with zero attached hydrogens (tertiary/aromatic N) is 2. The number of ether oxygens (including phenoxy) is 2. The van der Waals surface area contributed by atoms with Gasteiger partial charge >= 0.3 is 0 Å². The molecule has 0 aliphatic rings. The molecular formula is C11H14ClN3O2S. The highest BCUT2D eigenvalue weighted by molar-refractivity contribution is 7.16. The summed E-state index contributed by atoms with van der Waals surface area (Å²) in [5.74, 6) is 0.751. The third-order valence-electron chi connectivity index (χ3n) is 2.27. The minimum absolute atomic E-state index is 0.257. The average molecular weight is 288 g/mol. The van der Waals surface area contributed by atoms with Crippen LogP contribution < -0.4 is 5.32 Å². The standard InChI is InChI=1S/C11H14ClN3O2S/c1-16-5-6-17-4-3-13-9-8-2-7-18-10(8)15-11(12)14-9/h2,7H,3-6H2,1H3,(H,13,14,15). The van der Waals surface area contributed by atoms with E-state index in [4.69, 9.17) is 21.1 Å². The van der Waals surface area contributed by atoms with E-state index in [0.717, 1.165) is 16.0 Å². The van der Waals surface area contributed by atoms with E-state index in [1.54, 1.807) is 18.4 Å². The van der Waals surface area contributed by atoms with Gasteiger partial charge in [-0.15, -0.1) is 11.3 Å². The second kappa shape index (κ2) is 6.84. The number of nitrogens with one attached hydrogen (secondary N) is 1. The molecule has 2 rings (SSSR count). The topological polar surface area (TPSA) is 56.3 Å². The van der Waals surface area contributed by atoms with E-state index in [0.29, 0.717) is 26.4 Å². The minimum Gasteiger partial charge on any atom is -0.382 e. The molecule has 0 saturated heterocycles. The summed E-state index contributed by atoms with van der Waals surface area (Å²) in [6.45, 7) is 2.46. The quantitative estimate of drug-likeness (QED) is 0.626. The van der Waals surface area contributed by atoms with Crippen LogP contribution in [0.2, 0.25) is 5.28 Å². The first kappa shape index (κ1) is 13.5. The Morgan fingerprint density at radius 3 is 3.06 bits per heavy atom. The normalized spacial score (nSPS) is 11.0. The van der Waals surface area contributed by atoms with Crippen molar-refractivity contribution in [2.75, 3.05) is 38.8 Å². The zero-order valence-corrected chi connectivity index (χ0v) is 11.6. The third kappa shape index (κ3) is 3.52. The van der Waals surface area contributed by atoms with Gasteiger partial charge in [-0.2, -0.15) is 0 Å². The molecule has 2 aromatic rings. The van der Waals surface area contributed by atoms with Crippen molar-refractivity contribution in [1.29, 1.82) is 0 Å². The van der Waals surface area contributed by atoms with Gasteiger partial charge in [0.15, 0.2) is 0 Å². The van der Waals surface area contributed by atoms with Crippen LogP contribution in [0.1, 0.15) is 0 Å². The number of rotatable bonds is 7. The lowest BCUT2D eigenvalue weighted by atomic mass is 10.4. The maximum absolute atomic E-state index is 5.86. The highest BCUT2D eigenvalue weighted by Crippen LogP contribution is 2.26. The first-order valence-electron chi connectivity index (χ1n) is 5.52. The van der Waals surface area contributed by atoms with E-state index in [-0.39, 0.29) is 5.28 Å². The monoisotopic (exact) mass is 287 g/mol. The molecule has 0 fully saturated rings. The number of halogens is 1. The SMILES string of the molecule is COCCOCCNc1nc(Cl)nc2sccc12. The van der Waals surface area contributed by atoms with E-state index in [1.165, 1.54) is 0 Å². The summed E-state index contributed by atoms with van der Waals surface area (Å²) in [5, 5.41) is 6.41. The molecule has 2 aromatic heterocycles. The summed E-state index contributed by atoms with van der Waals surface area (Å²) in [7, 11) is 1.65. The zero-order valence-electron chi connectivity index (χ0n) is 9.98. The first-order valence-corrected chi connectivity index (χ1v) is 6.78. The first-order chi connectivity index (χ1) is 8.81. The Labute approximate surface area is 114 Å². The van der Waals surface area contributed by atoms with E-state index < -0.39 is 0 Å². The Bertz CT molecular complexity index is 506. The molecule has 7 heteroatoms. The largest absolute Gasteiger partial charge is 0.382 e.